The lowest BCUT2D eigenvalue weighted by Gasteiger charge is -2.14. The van der Waals surface area contributed by atoms with Crippen molar-refractivity contribution in [3.05, 3.63) is 64.1 Å². The lowest BCUT2D eigenvalue weighted by molar-refractivity contribution is -0.137. The number of hydrogen-bond acceptors (Lipinski definition) is 6. The number of benzene rings is 1. The van der Waals surface area contributed by atoms with Crippen LogP contribution in [-0.4, -0.2) is 38.4 Å². The van der Waals surface area contributed by atoms with E-state index in [0.717, 1.165) is 12.1 Å². The van der Waals surface area contributed by atoms with Gasteiger partial charge < -0.3 is 0 Å². The molecule has 9 nitrogen and oxygen atoms in total. The Morgan fingerprint density at radius 2 is 1.97 bits per heavy atom. The Kier molecular flexibility index (Phi) is 5.68. The smallest absolute Gasteiger partial charge is 0.284 e. The first-order valence-electron chi connectivity index (χ1n) is 8.52. The van der Waals surface area contributed by atoms with Gasteiger partial charge in [0, 0.05) is 22.9 Å². The van der Waals surface area contributed by atoms with E-state index in [-0.39, 0.29) is 17.2 Å². The van der Waals surface area contributed by atoms with Gasteiger partial charge in [0.25, 0.3) is 10.0 Å². The zero-order chi connectivity index (χ0) is 23.1. The first kappa shape index (κ1) is 22.2. The molecule has 0 fully saturated rings. The fraction of sp³-hybridized carbons (Fsp3) is 0.0588. The minimum absolute atomic E-state index is 0.0485. The second-order valence-electron chi connectivity index (χ2n) is 6.25. The van der Waals surface area contributed by atoms with Crippen molar-refractivity contribution in [1.82, 2.24) is 29.9 Å². The molecule has 3 heterocycles. The van der Waals surface area contributed by atoms with Crippen LogP contribution in [0.1, 0.15) is 5.56 Å². The van der Waals surface area contributed by atoms with Crippen LogP contribution in [0.15, 0.2) is 58.4 Å². The highest BCUT2D eigenvalue weighted by molar-refractivity contribution is 9.10. The van der Waals surface area contributed by atoms with E-state index < -0.39 is 31.7 Å². The summed E-state index contributed by atoms with van der Waals surface area (Å²) in [5.74, 6) is 0.561. The minimum atomic E-state index is -4.83. The van der Waals surface area contributed by atoms with Gasteiger partial charge in [-0.15, -0.1) is 10.2 Å². The average molecular weight is 549 g/mol. The van der Waals surface area contributed by atoms with E-state index in [0.29, 0.717) is 16.4 Å². The van der Waals surface area contributed by atoms with Gasteiger partial charge in [0.2, 0.25) is 0 Å². The predicted octanol–water partition coefficient (Wildman–Crippen LogP) is 4.29. The number of nitrogens with one attached hydrogen (secondary N) is 2. The molecule has 32 heavy (non-hydrogen) atoms. The number of anilines is 1. The maximum absolute atomic E-state index is 13.2. The van der Waals surface area contributed by atoms with Gasteiger partial charge >= 0.3 is 6.18 Å². The van der Waals surface area contributed by atoms with Crippen molar-refractivity contribution in [3.63, 3.8) is 0 Å². The molecule has 1 aromatic carbocycles. The van der Waals surface area contributed by atoms with Crippen molar-refractivity contribution in [3.8, 4) is 17.3 Å². The molecule has 166 valence electrons. The maximum atomic E-state index is 13.2. The molecule has 0 amide bonds. The summed E-state index contributed by atoms with van der Waals surface area (Å²) in [5.41, 5.74) is -1.25. The molecule has 0 radical (unpaired) electrons. The predicted molar refractivity (Wildman–Crippen MR) is 112 cm³/mol. The van der Waals surface area contributed by atoms with Crippen LogP contribution in [0.4, 0.5) is 18.9 Å². The average Bonchev–Trinajstić information content (AvgIpc) is 3.38. The fourth-order valence-corrected chi connectivity index (χ4v) is 4.38. The Hall–Kier alpha value is -2.97. The molecule has 0 saturated heterocycles. The highest BCUT2D eigenvalue weighted by atomic mass is 79.9. The second kappa shape index (κ2) is 8.18. The molecular formula is C17H10BrClF3N7O2S. The van der Waals surface area contributed by atoms with Crippen LogP contribution in [0, 0.1) is 0 Å². The van der Waals surface area contributed by atoms with Crippen molar-refractivity contribution in [2.75, 3.05) is 4.72 Å². The summed E-state index contributed by atoms with van der Waals surface area (Å²) >= 11 is 8.80. The van der Waals surface area contributed by atoms with Gasteiger partial charge in [0.1, 0.15) is 12.0 Å². The van der Waals surface area contributed by atoms with Crippen molar-refractivity contribution >= 4 is 43.2 Å². The Morgan fingerprint density at radius 3 is 2.66 bits per heavy atom. The Morgan fingerprint density at radius 1 is 1.19 bits per heavy atom. The summed E-state index contributed by atoms with van der Waals surface area (Å²) in [4.78, 5) is 3.57. The zero-order valence-corrected chi connectivity index (χ0v) is 18.6. The van der Waals surface area contributed by atoms with Crippen molar-refractivity contribution in [2.45, 2.75) is 11.1 Å². The molecule has 0 bridgehead atoms. The van der Waals surface area contributed by atoms with Gasteiger partial charge in [-0.3, -0.25) is 14.4 Å². The second-order valence-corrected chi connectivity index (χ2v) is 9.26. The van der Waals surface area contributed by atoms with Gasteiger partial charge in [-0.25, -0.2) is 13.4 Å². The highest BCUT2D eigenvalue weighted by Gasteiger charge is 2.34. The quantitative estimate of drug-likeness (QED) is 0.384. The van der Waals surface area contributed by atoms with Crippen molar-refractivity contribution in [1.29, 1.82) is 0 Å². The lowest BCUT2D eigenvalue weighted by Crippen LogP contribution is -2.16. The molecule has 4 aromatic rings. The maximum Gasteiger partial charge on any atom is 0.417 e. The summed E-state index contributed by atoms with van der Waals surface area (Å²) in [6, 6.07) is 5.32. The van der Waals surface area contributed by atoms with E-state index in [1.165, 1.54) is 23.2 Å². The number of halogens is 5. The van der Waals surface area contributed by atoms with Crippen LogP contribution < -0.4 is 4.72 Å². The first-order valence-corrected chi connectivity index (χ1v) is 11.2. The third kappa shape index (κ3) is 4.33. The largest absolute Gasteiger partial charge is 0.417 e. The molecule has 15 heteroatoms. The number of rotatable bonds is 5. The number of sulfonamides is 1. The van der Waals surface area contributed by atoms with Crippen molar-refractivity contribution in [2.24, 2.45) is 0 Å². The van der Waals surface area contributed by atoms with Gasteiger partial charge in [0.05, 0.1) is 21.2 Å². The molecule has 4 rings (SSSR count). The van der Waals surface area contributed by atoms with Crippen LogP contribution in [0.25, 0.3) is 17.3 Å². The van der Waals surface area contributed by atoms with Gasteiger partial charge in [-0.1, -0.05) is 11.6 Å². The topological polar surface area (TPSA) is 118 Å². The Bertz CT molecular complexity index is 1390. The number of alkyl halides is 3. The van der Waals surface area contributed by atoms with Crippen LogP contribution in [-0.2, 0) is 16.2 Å². The number of nitrogens with zero attached hydrogens (tertiary/aromatic N) is 5. The SMILES string of the molecule is O=S(=O)(Nc1cc(Br)cnc1-c1nncn1-c1cc[nH]n1)c1ccc(Cl)c(C(F)(F)F)c1. The van der Waals surface area contributed by atoms with E-state index in [2.05, 4.69) is 46.0 Å². The molecule has 3 aromatic heterocycles. The van der Waals surface area contributed by atoms with Crippen LogP contribution in [0.3, 0.4) is 0 Å². The van der Waals surface area contributed by atoms with Crippen molar-refractivity contribution < 1.29 is 21.6 Å². The van der Waals surface area contributed by atoms with E-state index >= 15 is 0 Å². The summed E-state index contributed by atoms with van der Waals surface area (Å²) in [5, 5.41) is 13.8. The number of aromatic amines is 1. The number of H-pyrrole nitrogens is 1. The normalized spacial score (nSPS) is 12.2. The third-order valence-corrected chi connectivity index (χ3v) is 6.27. The molecular weight excluding hydrogens is 539 g/mol. The van der Waals surface area contributed by atoms with Crippen LogP contribution in [0.5, 0.6) is 0 Å². The Labute approximate surface area is 191 Å². The van der Waals surface area contributed by atoms with E-state index in [4.69, 9.17) is 11.6 Å². The molecule has 0 unspecified atom stereocenters. The lowest BCUT2D eigenvalue weighted by atomic mass is 10.2. The highest BCUT2D eigenvalue weighted by Crippen LogP contribution is 2.37. The molecule has 0 spiro atoms. The van der Waals surface area contributed by atoms with Gasteiger partial charge in [0.15, 0.2) is 11.6 Å². The van der Waals surface area contributed by atoms with Gasteiger partial charge in [-0.2, -0.15) is 18.3 Å². The molecule has 0 aliphatic carbocycles. The van der Waals surface area contributed by atoms with Gasteiger partial charge in [-0.05, 0) is 40.2 Å². The monoisotopic (exact) mass is 547 g/mol. The molecule has 0 aliphatic heterocycles. The first-order chi connectivity index (χ1) is 15.1. The van der Waals surface area contributed by atoms with Crippen LogP contribution in [0.2, 0.25) is 5.02 Å². The third-order valence-electron chi connectivity index (χ3n) is 4.14. The number of pyridine rings is 1. The fourth-order valence-electron chi connectivity index (χ4n) is 2.74. The molecule has 0 aliphatic rings. The van der Waals surface area contributed by atoms with Crippen LogP contribution >= 0.6 is 27.5 Å². The molecule has 0 saturated carbocycles. The summed E-state index contributed by atoms with van der Waals surface area (Å²) < 4.78 is 69.5. The minimum Gasteiger partial charge on any atom is -0.284 e. The Balaban J connectivity index is 1.79. The number of aromatic nitrogens is 6. The van der Waals surface area contributed by atoms with E-state index in [9.17, 15) is 21.6 Å². The molecule has 0 atom stereocenters. The summed E-state index contributed by atoms with van der Waals surface area (Å²) in [7, 11) is -4.46. The summed E-state index contributed by atoms with van der Waals surface area (Å²) in [6.07, 6.45) is -0.509. The summed E-state index contributed by atoms with van der Waals surface area (Å²) in [6.45, 7) is 0. The van der Waals surface area contributed by atoms with E-state index in [1.807, 2.05) is 0 Å². The number of hydrogen-bond donors (Lipinski definition) is 2. The van der Waals surface area contributed by atoms with E-state index in [1.54, 1.807) is 12.3 Å². The molecule has 2 N–H and O–H groups in total. The standard InChI is InChI=1S/C17H10BrClF3N7O2S/c18-9-5-13(15(23-7-9)16-27-25-8-29(16)14-3-4-24-26-14)28-32(30,31)10-1-2-12(19)11(6-10)17(20,21)22/h1-8,28H,(H,24,26). The zero-order valence-electron chi connectivity index (χ0n) is 15.5.